The number of nitrogens with one attached hydrogen (secondary N) is 2. The van der Waals surface area contributed by atoms with E-state index in [9.17, 15) is 9.59 Å². The van der Waals surface area contributed by atoms with Crippen LogP contribution >= 0.6 is 11.8 Å². The van der Waals surface area contributed by atoms with Crippen molar-refractivity contribution in [2.75, 3.05) is 11.5 Å². The summed E-state index contributed by atoms with van der Waals surface area (Å²) < 4.78 is 0. The Morgan fingerprint density at radius 2 is 1.94 bits per heavy atom. The molecule has 0 radical (unpaired) electrons. The number of amides is 2. The molecule has 2 aliphatic rings. The van der Waals surface area contributed by atoms with Gasteiger partial charge in [0.15, 0.2) is 0 Å². The third kappa shape index (κ3) is 3.54. The topological polar surface area (TPSA) is 78.4 Å². The summed E-state index contributed by atoms with van der Waals surface area (Å²) in [6.07, 6.45) is 4.57. The summed E-state index contributed by atoms with van der Waals surface area (Å²) in [5, 5.41) is 14.7. The van der Waals surface area contributed by atoms with Gasteiger partial charge in [-0.1, -0.05) is 0 Å². The Labute approximate surface area is 111 Å². The van der Waals surface area contributed by atoms with Gasteiger partial charge in [0.1, 0.15) is 0 Å². The average molecular weight is 272 g/mol. The van der Waals surface area contributed by atoms with E-state index >= 15 is 0 Å². The fraction of sp³-hybridized carbons (Fsp3) is 0.833. The highest BCUT2D eigenvalue weighted by Gasteiger charge is 2.40. The van der Waals surface area contributed by atoms with Gasteiger partial charge in [-0.25, -0.2) is 4.79 Å². The van der Waals surface area contributed by atoms with Crippen LogP contribution in [-0.2, 0) is 4.79 Å². The monoisotopic (exact) mass is 272 g/mol. The number of rotatable bonds is 4. The fourth-order valence-electron chi connectivity index (χ4n) is 2.54. The summed E-state index contributed by atoms with van der Waals surface area (Å²) in [6, 6.07) is 0.0426. The maximum Gasteiger partial charge on any atom is 0.315 e. The number of carboxylic acids is 1. The van der Waals surface area contributed by atoms with Crippen LogP contribution in [0.3, 0.4) is 0 Å². The molecule has 6 heteroatoms. The third-order valence-corrected chi connectivity index (χ3v) is 4.78. The zero-order valence-electron chi connectivity index (χ0n) is 10.4. The molecule has 1 heterocycles. The van der Waals surface area contributed by atoms with Crippen molar-refractivity contribution in [3.8, 4) is 0 Å². The lowest BCUT2D eigenvalue weighted by Crippen LogP contribution is -2.58. The highest BCUT2D eigenvalue weighted by Crippen LogP contribution is 2.34. The first-order valence-corrected chi connectivity index (χ1v) is 7.63. The maximum absolute atomic E-state index is 11.9. The molecule has 0 aromatic heterocycles. The first-order chi connectivity index (χ1) is 8.60. The van der Waals surface area contributed by atoms with E-state index in [2.05, 4.69) is 10.6 Å². The smallest absolute Gasteiger partial charge is 0.315 e. The van der Waals surface area contributed by atoms with Crippen LogP contribution in [0.25, 0.3) is 0 Å². The standard InChI is InChI=1S/C12H20N2O3S/c15-10(16)8-12(4-1-5-12)14-11(17)13-9-2-6-18-7-3-9/h9H,1-8H2,(H,15,16)(H2,13,14,17). The summed E-state index contributed by atoms with van der Waals surface area (Å²) in [7, 11) is 0. The second-order valence-corrected chi connectivity index (χ2v) is 6.41. The van der Waals surface area contributed by atoms with Crippen molar-refractivity contribution in [3.05, 3.63) is 0 Å². The Morgan fingerprint density at radius 1 is 1.28 bits per heavy atom. The molecule has 2 amide bonds. The van der Waals surface area contributed by atoms with Crippen LogP contribution in [-0.4, -0.2) is 40.2 Å². The number of carboxylic acid groups (broad SMARTS) is 1. The summed E-state index contributed by atoms with van der Waals surface area (Å²) >= 11 is 1.91. The lowest BCUT2D eigenvalue weighted by molar-refractivity contribution is -0.139. The molecule has 18 heavy (non-hydrogen) atoms. The molecule has 0 spiro atoms. The Balaban J connectivity index is 1.80. The van der Waals surface area contributed by atoms with Crippen molar-refractivity contribution in [3.63, 3.8) is 0 Å². The Kier molecular flexibility index (Phi) is 4.37. The van der Waals surface area contributed by atoms with Crippen LogP contribution in [0.5, 0.6) is 0 Å². The molecule has 0 aromatic rings. The lowest BCUT2D eigenvalue weighted by atomic mass is 9.74. The van der Waals surface area contributed by atoms with Gasteiger partial charge in [-0.15, -0.1) is 0 Å². The number of urea groups is 1. The van der Waals surface area contributed by atoms with E-state index in [1.54, 1.807) is 0 Å². The molecule has 0 bridgehead atoms. The van der Waals surface area contributed by atoms with Gasteiger partial charge >= 0.3 is 12.0 Å². The molecule has 2 rings (SSSR count). The van der Waals surface area contributed by atoms with Crippen LogP contribution in [0.2, 0.25) is 0 Å². The quantitative estimate of drug-likeness (QED) is 0.726. The highest BCUT2D eigenvalue weighted by atomic mass is 32.2. The molecular weight excluding hydrogens is 252 g/mol. The maximum atomic E-state index is 11.9. The molecule has 3 N–H and O–H groups in total. The second-order valence-electron chi connectivity index (χ2n) is 5.19. The number of thioether (sulfide) groups is 1. The Morgan fingerprint density at radius 3 is 2.44 bits per heavy atom. The molecule has 0 unspecified atom stereocenters. The predicted molar refractivity (Wildman–Crippen MR) is 70.8 cm³/mol. The molecule has 0 atom stereocenters. The van der Waals surface area contributed by atoms with E-state index in [0.717, 1.165) is 43.6 Å². The van der Waals surface area contributed by atoms with Crippen LogP contribution in [0.15, 0.2) is 0 Å². The minimum absolute atomic E-state index is 0.0287. The molecule has 1 aliphatic heterocycles. The largest absolute Gasteiger partial charge is 0.481 e. The summed E-state index contributed by atoms with van der Waals surface area (Å²) in [5.41, 5.74) is -0.501. The van der Waals surface area contributed by atoms with E-state index < -0.39 is 11.5 Å². The Bertz CT molecular complexity index is 325. The fourth-order valence-corrected chi connectivity index (χ4v) is 3.65. The molecule has 1 aliphatic carbocycles. The number of carbonyl (C=O) groups is 2. The van der Waals surface area contributed by atoms with Crippen LogP contribution < -0.4 is 10.6 Å². The van der Waals surface area contributed by atoms with E-state index in [1.807, 2.05) is 11.8 Å². The zero-order chi connectivity index (χ0) is 13.0. The van der Waals surface area contributed by atoms with Gasteiger partial charge in [0.05, 0.1) is 12.0 Å². The third-order valence-electron chi connectivity index (χ3n) is 3.74. The second kappa shape index (κ2) is 5.82. The van der Waals surface area contributed by atoms with Crippen molar-refractivity contribution >= 4 is 23.8 Å². The van der Waals surface area contributed by atoms with E-state index in [-0.39, 0.29) is 18.5 Å². The minimum Gasteiger partial charge on any atom is -0.481 e. The SMILES string of the molecule is O=C(O)CC1(NC(=O)NC2CCSCC2)CCC1. The van der Waals surface area contributed by atoms with E-state index in [0.29, 0.717) is 0 Å². The summed E-state index contributed by atoms with van der Waals surface area (Å²) in [6.45, 7) is 0. The van der Waals surface area contributed by atoms with Gasteiger partial charge in [-0.2, -0.15) is 11.8 Å². The first-order valence-electron chi connectivity index (χ1n) is 6.48. The summed E-state index contributed by atoms with van der Waals surface area (Å²) in [4.78, 5) is 22.7. The summed E-state index contributed by atoms with van der Waals surface area (Å²) in [5.74, 6) is 1.33. The molecule has 2 fully saturated rings. The highest BCUT2D eigenvalue weighted by molar-refractivity contribution is 7.99. The van der Waals surface area contributed by atoms with Gasteiger partial charge in [-0.3, -0.25) is 4.79 Å². The zero-order valence-corrected chi connectivity index (χ0v) is 11.2. The number of hydrogen-bond donors (Lipinski definition) is 3. The van der Waals surface area contributed by atoms with Crippen molar-refractivity contribution in [1.82, 2.24) is 10.6 Å². The number of hydrogen-bond acceptors (Lipinski definition) is 3. The van der Waals surface area contributed by atoms with Gasteiger partial charge in [0.25, 0.3) is 0 Å². The van der Waals surface area contributed by atoms with Gasteiger partial charge in [0.2, 0.25) is 0 Å². The van der Waals surface area contributed by atoms with E-state index in [1.165, 1.54) is 0 Å². The van der Waals surface area contributed by atoms with Crippen molar-refractivity contribution in [2.45, 2.75) is 50.1 Å². The van der Waals surface area contributed by atoms with Crippen LogP contribution in [0.4, 0.5) is 4.79 Å². The molecule has 102 valence electrons. The minimum atomic E-state index is -0.843. The Hall–Kier alpha value is -0.910. The first kappa shape index (κ1) is 13.5. The van der Waals surface area contributed by atoms with Gasteiger partial charge < -0.3 is 15.7 Å². The normalized spacial score (nSPS) is 22.9. The molecule has 1 saturated heterocycles. The molecule has 0 aromatic carbocycles. The predicted octanol–water partition coefficient (Wildman–Crippen LogP) is 1.58. The molecule has 1 saturated carbocycles. The van der Waals surface area contributed by atoms with Crippen LogP contribution in [0, 0.1) is 0 Å². The van der Waals surface area contributed by atoms with Gasteiger partial charge in [0, 0.05) is 6.04 Å². The van der Waals surface area contributed by atoms with Crippen molar-refractivity contribution in [1.29, 1.82) is 0 Å². The number of aliphatic carboxylic acids is 1. The van der Waals surface area contributed by atoms with Crippen LogP contribution in [0.1, 0.15) is 38.5 Å². The van der Waals surface area contributed by atoms with E-state index in [4.69, 9.17) is 5.11 Å². The number of carbonyl (C=O) groups excluding carboxylic acids is 1. The van der Waals surface area contributed by atoms with Crippen molar-refractivity contribution < 1.29 is 14.7 Å². The van der Waals surface area contributed by atoms with Crippen molar-refractivity contribution in [2.24, 2.45) is 0 Å². The van der Waals surface area contributed by atoms with Gasteiger partial charge in [-0.05, 0) is 43.6 Å². The lowest BCUT2D eigenvalue weighted by Gasteiger charge is -2.41. The molecule has 5 nitrogen and oxygen atoms in total. The average Bonchev–Trinajstić information content (AvgIpc) is 2.26. The molecular formula is C12H20N2O3S.